The summed E-state index contributed by atoms with van der Waals surface area (Å²) in [5, 5.41) is 40.6. The summed E-state index contributed by atoms with van der Waals surface area (Å²) in [6, 6.07) is 12.0. The molecule has 1 aromatic carbocycles. The lowest BCUT2D eigenvalue weighted by Crippen LogP contribution is -2.36. The van der Waals surface area contributed by atoms with Gasteiger partial charge in [-0.1, -0.05) is 44.2 Å². The minimum Gasteiger partial charge on any atom is -0.494 e. The maximum Gasteiger partial charge on any atom is 0.490 e. The Labute approximate surface area is 254 Å². The Hall–Kier alpha value is -3.86. The number of carboxylic acids is 2. The number of halogens is 3. The van der Waals surface area contributed by atoms with Crippen molar-refractivity contribution in [3.63, 3.8) is 0 Å². The number of methoxy groups -OCH3 is 1. The van der Waals surface area contributed by atoms with Gasteiger partial charge in [0.1, 0.15) is 30.2 Å². The van der Waals surface area contributed by atoms with Gasteiger partial charge < -0.3 is 35.1 Å². The number of nitrogens with one attached hydrogen (secondary N) is 2. The number of aliphatic hydroxyl groups is 1. The molecule has 0 spiro atoms. The lowest BCUT2D eigenvalue weighted by molar-refractivity contribution is -0.192. The molecular weight excluding hydrogens is 583 g/mol. The van der Waals surface area contributed by atoms with Crippen LogP contribution in [0, 0.1) is 11.3 Å². The SMILES string of the molecule is CC.COC(CCc1cccc(CCC(=O)O)c1)CNCC(O)COC1=c2cc(C#N)[nH]c2=CCCC1.O=C(O)C(F)(F)F. The monoisotopic (exact) mass is 625 g/mol. The number of nitriles is 1. The number of carboxylic acid groups (broad SMARTS) is 2. The van der Waals surface area contributed by atoms with Crippen molar-refractivity contribution in [2.45, 2.75) is 77.2 Å². The van der Waals surface area contributed by atoms with E-state index in [0.717, 1.165) is 59.6 Å². The van der Waals surface area contributed by atoms with Gasteiger partial charge in [-0.15, -0.1) is 0 Å². The van der Waals surface area contributed by atoms with Crippen LogP contribution in [-0.4, -0.2) is 77.4 Å². The van der Waals surface area contributed by atoms with Crippen molar-refractivity contribution in [2.75, 3.05) is 26.8 Å². The van der Waals surface area contributed by atoms with Gasteiger partial charge in [0.25, 0.3) is 0 Å². The standard InChI is InChI=1S/C27H35N3O5.C2HF3O2.C2H6/c1-34-23(11-9-19-5-4-6-20(13-19)10-12-27(32)33)17-29-16-22(31)18-35-26-8-3-2-7-25-24(26)14-21(15-28)30-25;3-2(4,5)1(6)7;1-2/h4-7,13-14,22-23,29-31H,2-3,8-12,16-18H2,1H3,(H,32,33);(H,6,7);1-2H3. The summed E-state index contributed by atoms with van der Waals surface area (Å²) < 4.78 is 43.3. The largest absolute Gasteiger partial charge is 0.494 e. The molecule has 2 aromatic rings. The number of benzene rings is 1. The lowest BCUT2D eigenvalue weighted by atomic mass is 10.0. The molecule has 244 valence electrons. The molecule has 2 atom stereocenters. The van der Waals surface area contributed by atoms with Gasteiger partial charge in [-0.3, -0.25) is 4.79 Å². The zero-order valence-electron chi connectivity index (χ0n) is 25.2. The van der Waals surface area contributed by atoms with Crippen LogP contribution in [0.1, 0.15) is 62.8 Å². The molecule has 1 heterocycles. The fraction of sp³-hybridized carbons (Fsp3) is 0.516. The van der Waals surface area contributed by atoms with Crippen molar-refractivity contribution in [3.8, 4) is 6.07 Å². The Morgan fingerprint density at radius 3 is 2.39 bits per heavy atom. The zero-order valence-corrected chi connectivity index (χ0v) is 25.2. The van der Waals surface area contributed by atoms with E-state index in [4.69, 9.17) is 29.7 Å². The van der Waals surface area contributed by atoms with E-state index in [1.54, 1.807) is 7.11 Å². The van der Waals surface area contributed by atoms with E-state index in [2.05, 4.69) is 28.5 Å². The molecule has 5 N–H and O–H groups in total. The molecular formula is C31H42F3N3O7. The van der Waals surface area contributed by atoms with E-state index in [1.807, 2.05) is 38.1 Å². The predicted octanol–water partition coefficient (Wildman–Crippen LogP) is 3.25. The molecule has 3 rings (SSSR count). The highest BCUT2D eigenvalue weighted by molar-refractivity contribution is 5.73. The molecule has 0 radical (unpaired) electrons. The number of rotatable bonds is 14. The van der Waals surface area contributed by atoms with Crippen molar-refractivity contribution in [1.82, 2.24) is 10.3 Å². The number of ether oxygens (including phenoxy) is 2. The van der Waals surface area contributed by atoms with Crippen molar-refractivity contribution >= 4 is 23.8 Å². The lowest BCUT2D eigenvalue weighted by Gasteiger charge is -2.19. The van der Waals surface area contributed by atoms with Gasteiger partial charge in [0, 0.05) is 43.6 Å². The van der Waals surface area contributed by atoms with Crippen molar-refractivity contribution in [2.24, 2.45) is 0 Å². The van der Waals surface area contributed by atoms with E-state index >= 15 is 0 Å². The number of nitrogens with zero attached hydrogens (tertiary/aromatic N) is 1. The quantitative estimate of drug-likeness (QED) is 0.212. The fourth-order valence-corrected chi connectivity index (χ4v) is 4.21. The van der Waals surface area contributed by atoms with Gasteiger partial charge >= 0.3 is 18.1 Å². The molecule has 0 saturated heterocycles. The average molecular weight is 626 g/mol. The molecule has 1 aliphatic carbocycles. The van der Waals surface area contributed by atoms with Crippen LogP contribution < -0.4 is 15.9 Å². The number of hydrogen-bond acceptors (Lipinski definition) is 7. The highest BCUT2D eigenvalue weighted by Crippen LogP contribution is 2.14. The third-order valence-corrected chi connectivity index (χ3v) is 6.38. The number of aliphatic carboxylic acids is 2. The smallest absolute Gasteiger partial charge is 0.490 e. The summed E-state index contributed by atoms with van der Waals surface area (Å²) in [4.78, 5) is 22.8. The molecule has 0 amide bonds. The molecule has 44 heavy (non-hydrogen) atoms. The summed E-state index contributed by atoms with van der Waals surface area (Å²) in [5.74, 6) is -2.74. The molecule has 2 unspecified atom stereocenters. The number of carbonyl (C=O) groups is 2. The summed E-state index contributed by atoms with van der Waals surface area (Å²) >= 11 is 0. The van der Waals surface area contributed by atoms with Gasteiger partial charge in [-0.25, -0.2) is 4.79 Å². The average Bonchev–Trinajstić information content (AvgIpc) is 3.32. The van der Waals surface area contributed by atoms with Crippen LogP contribution >= 0.6 is 0 Å². The first-order valence-electron chi connectivity index (χ1n) is 14.4. The Morgan fingerprint density at radius 2 is 1.80 bits per heavy atom. The fourth-order valence-electron chi connectivity index (χ4n) is 4.21. The Kier molecular flexibility index (Phi) is 17.5. The van der Waals surface area contributed by atoms with Crippen LogP contribution in [0.3, 0.4) is 0 Å². The van der Waals surface area contributed by atoms with Gasteiger partial charge in [0.15, 0.2) is 0 Å². The Bertz CT molecular complexity index is 1340. The first kappa shape index (κ1) is 38.2. The maximum absolute atomic E-state index is 10.8. The zero-order chi connectivity index (χ0) is 33.1. The second-order valence-corrected chi connectivity index (χ2v) is 9.68. The summed E-state index contributed by atoms with van der Waals surface area (Å²) in [6.45, 7) is 5.16. The third kappa shape index (κ3) is 14.5. The summed E-state index contributed by atoms with van der Waals surface area (Å²) in [7, 11) is 1.68. The minimum absolute atomic E-state index is 0.00983. The minimum atomic E-state index is -5.08. The summed E-state index contributed by atoms with van der Waals surface area (Å²) in [6.07, 6.45) is 1.27. The first-order chi connectivity index (χ1) is 20.9. The van der Waals surface area contributed by atoms with Gasteiger partial charge in [0.05, 0.1) is 6.10 Å². The van der Waals surface area contributed by atoms with Crippen LogP contribution in [0.2, 0.25) is 0 Å². The predicted molar refractivity (Wildman–Crippen MR) is 158 cm³/mol. The maximum atomic E-state index is 10.8. The Balaban J connectivity index is 0.000000945. The molecule has 13 heteroatoms. The van der Waals surface area contributed by atoms with Gasteiger partial charge in [-0.2, -0.15) is 18.4 Å². The summed E-state index contributed by atoms with van der Waals surface area (Å²) in [5.41, 5.74) is 2.69. The van der Waals surface area contributed by atoms with Crippen molar-refractivity contribution < 1.29 is 47.6 Å². The highest BCUT2D eigenvalue weighted by Gasteiger charge is 2.38. The Morgan fingerprint density at radius 1 is 1.14 bits per heavy atom. The first-order valence-corrected chi connectivity index (χ1v) is 14.4. The van der Waals surface area contributed by atoms with E-state index in [-0.39, 0.29) is 19.1 Å². The topological polar surface area (TPSA) is 165 Å². The van der Waals surface area contributed by atoms with Crippen LogP contribution in [0.4, 0.5) is 13.2 Å². The van der Waals surface area contributed by atoms with Gasteiger partial charge in [0.2, 0.25) is 0 Å². The van der Waals surface area contributed by atoms with E-state index in [9.17, 15) is 23.1 Å². The number of aromatic amines is 1. The van der Waals surface area contributed by atoms with Crippen LogP contribution in [-0.2, 0) is 31.9 Å². The van der Waals surface area contributed by atoms with E-state index < -0.39 is 24.2 Å². The van der Waals surface area contributed by atoms with Crippen LogP contribution in [0.25, 0.3) is 11.8 Å². The van der Waals surface area contributed by atoms with E-state index in [0.29, 0.717) is 25.2 Å². The number of aryl methyl sites for hydroxylation is 2. The van der Waals surface area contributed by atoms with Crippen LogP contribution in [0.5, 0.6) is 0 Å². The number of aromatic nitrogens is 1. The number of alkyl halides is 3. The number of H-pyrrole nitrogens is 1. The second-order valence-electron chi connectivity index (χ2n) is 9.68. The van der Waals surface area contributed by atoms with Crippen molar-refractivity contribution in [3.05, 3.63) is 57.7 Å². The van der Waals surface area contributed by atoms with Gasteiger partial charge in [-0.05, 0) is 49.3 Å². The third-order valence-electron chi connectivity index (χ3n) is 6.38. The number of hydrogen-bond donors (Lipinski definition) is 5. The normalized spacial score (nSPS) is 13.7. The molecule has 0 saturated carbocycles. The number of fused-ring (bicyclic) bond motifs is 1. The molecule has 0 fully saturated rings. The molecule has 1 aliphatic rings. The molecule has 10 nitrogen and oxygen atoms in total. The number of aliphatic hydroxyl groups excluding tert-OH is 1. The van der Waals surface area contributed by atoms with E-state index in [1.165, 1.54) is 0 Å². The second kappa shape index (κ2) is 20.2. The molecule has 0 bridgehead atoms. The van der Waals surface area contributed by atoms with Crippen LogP contribution in [0.15, 0.2) is 30.3 Å². The van der Waals surface area contributed by atoms with Crippen molar-refractivity contribution in [1.29, 1.82) is 5.26 Å². The highest BCUT2D eigenvalue weighted by atomic mass is 19.4. The molecule has 0 aliphatic heterocycles. The molecule has 1 aromatic heterocycles.